The predicted molar refractivity (Wildman–Crippen MR) is 92.9 cm³/mol. The van der Waals surface area contributed by atoms with Crippen LogP contribution in [-0.2, 0) is 14.6 Å². The number of hydrogen-bond donors (Lipinski definition) is 2. The van der Waals surface area contributed by atoms with Crippen LogP contribution in [0.3, 0.4) is 0 Å². The molecule has 0 aliphatic carbocycles. The highest BCUT2D eigenvalue weighted by molar-refractivity contribution is 7.90. The summed E-state index contributed by atoms with van der Waals surface area (Å²) in [4.78, 5) is 12.1. The molecule has 0 fully saturated rings. The van der Waals surface area contributed by atoms with E-state index in [9.17, 15) is 13.2 Å². The monoisotopic (exact) mass is 352 g/mol. The average molecular weight is 353 g/mol. The highest BCUT2D eigenvalue weighted by Crippen LogP contribution is 2.19. The van der Waals surface area contributed by atoms with E-state index >= 15 is 0 Å². The molecule has 0 bridgehead atoms. The molecule has 0 saturated heterocycles. The third kappa shape index (κ3) is 4.97. The number of carbonyl (C=O) groups excluding carboxylic acids is 1. The van der Waals surface area contributed by atoms with Gasteiger partial charge < -0.3 is 10.6 Å². The van der Waals surface area contributed by atoms with Crippen molar-refractivity contribution >= 4 is 38.7 Å². The number of aryl methyl sites for hydroxylation is 1. The van der Waals surface area contributed by atoms with Crippen molar-refractivity contribution in [2.24, 2.45) is 0 Å². The molecular formula is C16H17ClN2O3S. The lowest BCUT2D eigenvalue weighted by atomic mass is 10.2. The fourth-order valence-electron chi connectivity index (χ4n) is 2.01. The molecule has 0 aliphatic rings. The van der Waals surface area contributed by atoms with Crippen molar-refractivity contribution in [2.75, 3.05) is 23.4 Å². The maximum Gasteiger partial charge on any atom is 0.243 e. The number of hydrogen-bond acceptors (Lipinski definition) is 4. The van der Waals surface area contributed by atoms with Gasteiger partial charge in [-0.2, -0.15) is 0 Å². The number of rotatable bonds is 5. The molecule has 2 rings (SSSR count). The number of amides is 1. The summed E-state index contributed by atoms with van der Waals surface area (Å²) >= 11 is 5.88. The number of anilines is 2. The molecule has 0 spiro atoms. The van der Waals surface area contributed by atoms with E-state index in [-0.39, 0.29) is 17.3 Å². The van der Waals surface area contributed by atoms with Gasteiger partial charge in [0.1, 0.15) is 0 Å². The van der Waals surface area contributed by atoms with Crippen LogP contribution < -0.4 is 10.6 Å². The second kappa shape index (κ2) is 7.02. The van der Waals surface area contributed by atoms with Crippen LogP contribution >= 0.6 is 11.6 Å². The second-order valence-electron chi connectivity index (χ2n) is 5.16. The molecule has 0 atom stereocenters. The zero-order valence-corrected chi connectivity index (χ0v) is 14.3. The van der Waals surface area contributed by atoms with Gasteiger partial charge in [0.2, 0.25) is 5.91 Å². The lowest BCUT2D eigenvalue weighted by molar-refractivity contribution is -0.114. The third-order valence-electron chi connectivity index (χ3n) is 3.17. The quantitative estimate of drug-likeness (QED) is 0.867. The van der Waals surface area contributed by atoms with Gasteiger partial charge in [0, 0.05) is 22.7 Å². The summed E-state index contributed by atoms with van der Waals surface area (Å²) in [6, 6.07) is 11.5. The Balaban J connectivity index is 2.00. The van der Waals surface area contributed by atoms with E-state index in [0.29, 0.717) is 10.7 Å². The minimum atomic E-state index is -3.31. The summed E-state index contributed by atoms with van der Waals surface area (Å²) in [5.41, 5.74) is 2.19. The normalized spacial score (nSPS) is 11.1. The summed E-state index contributed by atoms with van der Waals surface area (Å²) in [6.45, 7) is 1.95. The third-order valence-corrected chi connectivity index (χ3v) is 4.52. The molecule has 122 valence electrons. The second-order valence-corrected chi connectivity index (χ2v) is 7.61. The van der Waals surface area contributed by atoms with E-state index in [1.54, 1.807) is 30.3 Å². The smallest absolute Gasteiger partial charge is 0.243 e. The Hall–Kier alpha value is -2.05. The lowest BCUT2D eigenvalue weighted by Crippen LogP contribution is -2.22. The zero-order valence-electron chi connectivity index (χ0n) is 12.8. The first-order chi connectivity index (χ1) is 10.8. The highest BCUT2D eigenvalue weighted by atomic mass is 35.5. The standard InChI is InChI=1S/C16H17ClN2O3S/c1-11-8-12(17)6-7-15(11)18-10-16(20)19-13-4-3-5-14(9-13)23(2,21)22/h3-9,18H,10H2,1-2H3,(H,19,20). The molecule has 2 aromatic carbocycles. The predicted octanol–water partition coefficient (Wildman–Crippen LogP) is 3.10. The van der Waals surface area contributed by atoms with Crippen molar-refractivity contribution < 1.29 is 13.2 Å². The lowest BCUT2D eigenvalue weighted by Gasteiger charge is -2.11. The largest absolute Gasteiger partial charge is 0.376 e. The van der Waals surface area contributed by atoms with Gasteiger partial charge in [0.25, 0.3) is 0 Å². The summed E-state index contributed by atoms with van der Waals surface area (Å²) < 4.78 is 23.0. The number of benzene rings is 2. The van der Waals surface area contributed by atoms with Gasteiger partial charge in [-0.05, 0) is 48.9 Å². The Labute approximate surface area is 140 Å². The van der Waals surface area contributed by atoms with Gasteiger partial charge in [0.15, 0.2) is 9.84 Å². The van der Waals surface area contributed by atoms with Gasteiger partial charge >= 0.3 is 0 Å². The Morgan fingerprint density at radius 1 is 1.17 bits per heavy atom. The molecule has 0 unspecified atom stereocenters. The number of halogens is 1. The van der Waals surface area contributed by atoms with Gasteiger partial charge in [-0.15, -0.1) is 0 Å². The molecule has 0 radical (unpaired) electrons. The first-order valence-corrected chi connectivity index (χ1v) is 9.12. The summed E-state index contributed by atoms with van der Waals surface area (Å²) in [5, 5.41) is 6.31. The van der Waals surface area contributed by atoms with Gasteiger partial charge in [-0.1, -0.05) is 17.7 Å². The van der Waals surface area contributed by atoms with Crippen LogP contribution in [0, 0.1) is 6.92 Å². The fraction of sp³-hybridized carbons (Fsp3) is 0.188. The Kier molecular flexibility index (Phi) is 5.28. The van der Waals surface area contributed by atoms with Gasteiger partial charge in [-0.3, -0.25) is 4.79 Å². The fourth-order valence-corrected chi connectivity index (χ4v) is 2.90. The first-order valence-electron chi connectivity index (χ1n) is 6.86. The topological polar surface area (TPSA) is 75.3 Å². The molecule has 0 heterocycles. The van der Waals surface area contributed by atoms with E-state index in [1.165, 1.54) is 12.1 Å². The van der Waals surface area contributed by atoms with Crippen molar-refractivity contribution in [2.45, 2.75) is 11.8 Å². The molecular weight excluding hydrogens is 336 g/mol. The van der Waals surface area contributed by atoms with Crippen LogP contribution in [0.25, 0.3) is 0 Å². The van der Waals surface area contributed by atoms with E-state index in [1.807, 2.05) is 6.92 Å². The van der Waals surface area contributed by atoms with E-state index in [4.69, 9.17) is 11.6 Å². The summed E-state index contributed by atoms with van der Waals surface area (Å²) in [7, 11) is -3.31. The Morgan fingerprint density at radius 3 is 2.57 bits per heavy atom. The number of nitrogens with one attached hydrogen (secondary N) is 2. The van der Waals surface area contributed by atoms with Crippen molar-refractivity contribution in [3.63, 3.8) is 0 Å². The van der Waals surface area contributed by atoms with Crippen LogP contribution in [0.5, 0.6) is 0 Å². The van der Waals surface area contributed by atoms with Crippen molar-refractivity contribution in [1.82, 2.24) is 0 Å². The van der Waals surface area contributed by atoms with Crippen LogP contribution in [0.1, 0.15) is 5.56 Å². The maximum absolute atomic E-state index is 12.0. The Bertz CT molecular complexity index is 835. The van der Waals surface area contributed by atoms with Crippen molar-refractivity contribution in [3.05, 3.63) is 53.1 Å². The highest BCUT2D eigenvalue weighted by Gasteiger charge is 2.09. The van der Waals surface area contributed by atoms with E-state index in [0.717, 1.165) is 17.5 Å². The zero-order chi connectivity index (χ0) is 17.0. The molecule has 2 N–H and O–H groups in total. The number of sulfone groups is 1. The molecule has 0 aromatic heterocycles. The van der Waals surface area contributed by atoms with E-state index in [2.05, 4.69) is 10.6 Å². The molecule has 1 amide bonds. The number of carbonyl (C=O) groups is 1. The molecule has 5 nitrogen and oxygen atoms in total. The van der Waals surface area contributed by atoms with Crippen LogP contribution in [-0.4, -0.2) is 27.1 Å². The van der Waals surface area contributed by atoms with Crippen LogP contribution in [0.2, 0.25) is 5.02 Å². The minimum Gasteiger partial charge on any atom is -0.376 e. The molecule has 7 heteroatoms. The molecule has 0 saturated carbocycles. The van der Waals surface area contributed by atoms with Crippen LogP contribution in [0.15, 0.2) is 47.4 Å². The maximum atomic E-state index is 12.0. The van der Waals surface area contributed by atoms with Crippen molar-refractivity contribution in [1.29, 1.82) is 0 Å². The Morgan fingerprint density at radius 2 is 1.91 bits per heavy atom. The summed E-state index contributed by atoms with van der Waals surface area (Å²) in [5.74, 6) is -0.273. The molecule has 2 aromatic rings. The SMILES string of the molecule is Cc1cc(Cl)ccc1NCC(=O)Nc1cccc(S(C)(=O)=O)c1. The van der Waals surface area contributed by atoms with Crippen molar-refractivity contribution in [3.8, 4) is 0 Å². The molecule has 0 aliphatic heterocycles. The van der Waals surface area contributed by atoms with Gasteiger partial charge in [0.05, 0.1) is 11.4 Å². The van der Waals surface area contributed by atoms with Gasteiger partial charge in [-0.25, -0.2) is 8.42 Å². The van der Waals surface area contributed by atoms with Crippen LogP contribution in [0.4, 0.5) is 11.4 Å². The summed E-state index contributed by atoms with van der Waals surface area (Å²) in [6.07, 6.45) is 1.12. The molecule has 23 heavy (non-hydrogen) atoms. The minimum absolute atomic E-state index is 0.0611. The van der Waals surface area contributed by atoms with E-state index < -0.39 is 9.84 Å². The average Bonchev–Trinajstić information content (AvgIpc) is 2.45. The first kappa shape index (κ1) is 17.3.